The summed E-state index contributed by atoms with van der Waals surface area (Å²) in [7, 11) is 1.66. The minimum Gasteiger partial charge on any atom is -0.496 e. The predicted octanol–water partition coefficient (Wildman–Crippen LogP) is 3.52. The molecule has 0 radical (unpaired) electrons. The molecule has 19 heavy (non-hydrogen) atoms. The third-order valence-electron chi connectivity index (χ3n) is 4.61. The monoisotopic (exact) mass is 262 g/mol. The molecule has 0 amide bonds. The Bertz CT molecular complexity index is 511. The number of benzene rings is 1. The second kappa shape index (κ2) is 4.87. The number of aryl methyl sites for hydroxylation is 1. The van der Waals surface area contributed by atoms with Crippen LogP contribution in [-0.4, -0.2) is 18.2 Å². The van der Waals surface area contributed by atoms with Gasteiger partial charge in [-0.2, -0.15) is 0 Å². The third kappa shape index (κ3) is 2.01. The van der Waals surface area contributed by atoms with E-state index >= 15 is 0 Å². The molecule has 0 spiro atoms. The lowest BCUT2D eigenvalue weighted by Crippen LogP contribution is -2.34. The van der Waals surface area contributed by atoms with E-state index in [1.807, 2.05) is 26.8 Å². The highest BCUT2D eigenvalue weighted by Crippen LogP contribution is 2.45. The fraction of sp³-hybridized carbons (Fsp3) is 0.562. The molecule has 0 atom stereocenters. The Hall–Kier alpha value is -1.51. The lowest BCUT2D eigenvalue weighted by Gasteiger charge is -2.29. The molecule has 1 N–H and O–H groups in total. The number of methoxy groups -OCH3 is 1. The van der Waals surface area contributed by atoms with Crippen molar-refractivity contribution in [3.05, 3.63) is 28.3 Å². The first kappa shape index (κ1) is 13.9. The van der Waals surface area contributed by atoms with Crippen LogP contribution in [0.2, 0.25) is 0 Å². The summed E-state index contributed by atoms with van der Waals surface area (Å²) >= 11 is 0. The first-order valence-electron chi connectivity index (χ1n) is 6.82. The molecule has 0 aliphatic heterocycles. The molecule has 1 aliphatic carbocycles. The third-order valence-corrected chi connectivity index (χ3v) is 4.61. The number of aliphatic carboxylic acids is 1. The quantitative estimate of drug-likeness (QED) is 0.906. The second-order valence-corrected chi connectivity index (χ2v) is 5.62. The fourth-order valence-electron chi connectivity index (χ4n) is 3.54. The Kier molecular flexibility index (Phi) is 3.57. The Balaban J connectivity index is 2.68. The lowest BCUT2D eigenvalue weighted by molar-refractivity contribution is -0.143. The number of hydrogen-bond acceptors (Lipinski definition) is 2. The van der Waals surface area contributed by atoms with Gasteiger partial charge in [0.2, 0.25) is 0 Å². The van der Waals surface area contributed by atoms with Crippen LogP contribution in [-0.2, 0) is 10.2 Å². The molecule has 1 aromatic carbocycles. The zero-order valence-corrected chi connectivity index (χ0v) is 12.2. The Morgan fingerprint density at radius 2 is 1.79 bits per heavy atom. The van der Waals surface area contributed by atoms with Crippen molar-refractivity contribution in [2.45, 2.75) is 51.9 Å². The van der Waals surface area contributed by atoms with Gasteiger partial charge in [0, 0.05) is 0 Å². The molecular weight excluding hydrogens is 240 g/mol. The molecule has 1 aromatic rings. The van der Waals surface area contributed by atoms with Gasteiger partial charge in [-0.3, -0.25) is 4.79 Å². The van der Waals surface area contributed by atoms with Gasteiger partial charge in [0.15, 0.2) is 0 Å². The van der Waals surface area contributed by atoms with Crippen LogP contribution in [0.25, 0.3) is 0 Å². The molecule has 0 aromatic heterocycles. The zero-order valence-electron chi connectivity index (χ0n) is 12.2. The SMILES string of the molecule is COc1cc(C)c(C2(C(=O)O)CCCC2)c(C)c1C. The van der Waals surface area contributed by atoms with E-state index in [-0.39, 0.29) is 0 Å². The van der Waals surface area contributed by atoms with E-state index in [2.05, 4.69) is 0 Å². The largest absolute Gasteiger partial charge is 0.496 e. The van der Waals surface area contributed by atoms with E-state index in [0.717, 1.165) is 53.7 Å². The normalized spacial score (nSPS) is 17.5. The molecule has 3 nitrogen and oxygen atoms in total. The van der Waals surface area contributed by atoms with Crippen LogP contribution in [0.4, 0.5) is 0 Å². The van der Waals surface area contributed by atoms with Crippen molar-refractivity contribution in [3.8, 4) is 5.75 Å². The second-order valence-electron chi connectivity index (χ2n) is 5.62. The molecule has 1 fully saturated rings. The summed E-state index contributed by atoms with van der Waals surface area (Å²) in [5.41, 5.74) is 3.47. The van der Waals surface area contributed by atoms with Gasteiger partial charge in [0.1, 0.15) is 5.75 Å². The number of hydrogen-bond donors (Lipinski definition) is 1. The molecule has 1 aliphatic rings. The van der Waals surface area contributed by atoms with Crippen molar-refractivity contribution in [2.24, 2.45) is 0 Å². The minimum atomic E-state index is -0.689. The number of carboxylic acids is 1. The van der Waals surface area contributed by atoms with Crippen molar-refractivity contribution < 1.29 is 14.6 Å². The highest BCUT2D eigenvalue weighted by molar-refractivity contribution is 5.83. The van der Waals surface area contributed by atoms with E-state index in [1.165, 1.54) is 0 Å². The van der Waals surface area contributed by atoms with E-state index in [4.69, 9.17) is 4.74 Å². The van der Waals surface area contributed by atoms with Crippen LogP contribution < -0.4 is 4.74 Å². The van der Waals surface area contributed by atoms with Crippen LogP contribution in [0, 0.1) is 20.8 Å². The smallest absolute Gasteiger partial charge is 0.314 e. The van der Waals surface area contributed by atoms with Gasteiger partial charge in [-0.1, -0.05) is 12.8 Å². The van der Waals surface area contributed by atoms with Gasteiger partial charge >= 0.3 is 5.97 Å². The van der Waals surface area contributed by atoms with Gasteiger partial charge in [0.25, 0.3) is 0 Å². The van der Waals surface area contributed by atoms with Gasteiger partial charge in [-0.15, -0.1) is 0 Å². The van der Waals surface area contributed by atoms with Crippen LogP contribution in [0.15, 0.2) is 6.07 Å². The summed E-state index contributed by atoms with van der Waals surface area (Å²) < 4.78 is 5.37. The molecule has 0 unspecified atom stereocenters. The van der Waals surface area contributed by atoms with Crippen LogP contribution >= 0.6 is 0 Å². The summed E-state index contributed by atoms with van der Waals surface area (Å²) in [6, 6.07) is 1.97. The number of rotatable bonds is 3. The molecule has 0 saturated heterocycles. The highest BCUT2D eigenvalue weighted by atomic mass is 16.5. The predicted molar refractivity (Wildman–Crippen MR) is 75.0 cm³/mol. The standard InChI is InChI=1S/C16H22O3/c1-10-9-13(19-4)11(2)12(3)14(10)16(15(17)18)7-5-6-8-16/h9H,5-8H2,1-4H3,(H,17,18). The number of carbonyl (C=O) groups is 1. The van der Waals surface area contributed by atoms with Crippen molar-refractivity contribution in [1.29, 1.82) is 0 Å². The van der Waals surface area contributed by atoms with Gasteiger partial charge in [-0.05, 0) is 61.9 Å². The topological polar surface area (TPSA) is 46.5 Å². The highest BCUT2D eigenvalue weighted by Gasteiger charge is 2.45. The summed E-state index contributed by atoms with van der Waals surface area (Å²) in [6.07, 6.45) is 3.48. The Morgan fingerprint density at radius 1 is 1.21 bits per heavy atom. The number of carboxylic acid groups (broad SMARTS) is 1. The van der Waals surface area contributed by atoms with Crippen molar-refractivity contribution in [1.82, 2.24) is 0 Å². The zero-order chi connectivity index (χ0) is 14.2. The van der Waals surface area contributed by atoms with Gasteiger partial charge < -0.3 is 9.84 Å². The molecule has 2 rings (SSSR count). The van der Waals surface area contributed by atoms with Gasteiger partial charge in [-0.25, -0.2) is 0 Å². The first-order chi connectivity index (χ1) is 8.94. The summed E-state index contributed by atoms with van der Waals surface area (Å²) in [4.78, 5) is 11.9. The maximum absolute atomic E-state index is 11.9. The molecule has 3 heteroatoms. The minimum absolute atomic E-state index is 0.680. The molecule has 0 bridgehead atoms. The first-order valence-corrected chi connectivity index (χ1v) is 6.82. The van der Waals surface area contributed by atoms with Crippen LogP contribution in [0.5, 0.6) is 5.75 Å². The van der Waals surface area contributed by atoms with Crippen LogP contribution in [0.1, 0.15) is 47.9 Å². The maximum Gasteiger partial charge on any atom is 0.314 e. The van der Waals surface area contributed by atoms with E-state index < -0.39 is 11.4 Å². The fourth-order valence-corrected chi connectivity index (χ4v) is 3.54. The van der Waals surface area contributed by atoms with Crippen molar-refractivity contribution >= 4 is 5.97 Å². The molecule has 0 heterocycles. The molecular formula is C16H22O3. The summed E-state index contributed by atoms with van der Waals surface area (Å²) in [5, 5.41) is 9.75. The Labute approximate surface area is 114 Å². The molecule has 104 valence electrons. The molecule has 1 saturated carbocycles. The van der Waals surface area contributed by atoms with E-state index in [9.17, 15) is 9.90 Å². The summed E-state index contributed by atoms with van der Waals surface area (Å²) in [6.45, 7) is 6.01. The average molecular weight is 262 g/mol. The average Bonchev–Trinajstić information content (AvgIpc) is 2.84. The van der Waals surface area contributed by atoms with E-state index in [0.29, 0.717) is 0 Å². The van der Waals surface area contributed by atoms with Gasteiger partial charge in [0.05, 0.1) is 12.5 Å². The van der Waals surface area contributed by atoms with Crippen molar-refractivity contribution in [3.63, 3.8) is 0 Å². The maximum atomic E-state index is 11.9. The van der Waals surface area contributed by atoms with Crippen LogP contribution in [0.3, 0.4) is 0 Å². The van der Waals surface area contributed by atoms with E-state index in [1.54, 1.807) is 7.11 Å². The summed E-state index contributed by atoms with van der Waals surface area (Å²) in [5.74, 6) is 0.165. The Morgan fingerprint density at radius 3 is 2.26 bits per heavy atom. The van der Waals surface area contributed by atoms with Crippen molar-refractivity contribution in [2.75, 3.05) is 7.11 Å². The lowest BCUT2D eigenvalue weighted by atomic mass is 9.74. The number of ether oxygens (including phenoxy) is 1.